The van der Waals surface area contributed by atoms with Crippen LogP contribution in [0.2, 0.25) is 0 Å². The molecule has 0 radical (unpaired) electrons. The van der Waals surface area contributed by atoms with Crippen molar-refractivity contribution in [1.29, 1.82) is 0 Å². The van der Waals surface area contributed by atoms with Crippen molar-refractivity contribution in [1.82, 2.24) is 5.32 Å². The van der Waals surface area contributed by atoms with Crippen molar-refractivity contribution in [2.45, 2.75) is 59.3 Å². The van der Waals surface area contributed by atoms with E-state index in [1.165, 1.54) is 36.5 Å². The van der Waals surface area contributed by atoms with Gasteiger partial charge in [0.2, 0.25) is 5.91 Å². The molecule has 0 spiro atoms. The number of carbonyl (C=O) groups excluding carboxylic acids is 1. The first-order valence-electron chi connectivity index (χ1n) is 11.3. The summed E-state index contributed by atoms with van der Waals surface area (Å²) in [5, 5.41) is 5.38. The molecule has 3 heteroatoms. The second-order valence-electron chi connectivity index (χ2n) is 8.34. The molecule has 0 atom stereocenters. The van der Waals surface area contributed by atoms with Gasteiger partial charge in [-0.25, -0.2) is 0 Å². The molecular formula is C27H37NO2. The van der Waals surface area contributed by atoms with Gasteiger partial charge in [0.15, 0.2) is 0 Å². The Kier molecular flexibility index (Phi) is 10.8. The Hall–Kier alpha value is -2.55. The van der Waals surface area contributed by atoms with Crippen molar-refractivity contribution in [2.24, 2.45) is 5.92 Å². The molecule has 0 heterocycles. The fourth-order valence-electron chi connectivity index (χ4n) is 3.22. The molecular weight excluding hydrogens is 370 g/mol. The average Bonchev–Trinajstić information content (AvgIpc) is 2.73. The van der Waals surface area contributed by atoms with Gasteiger partial charge in [-0.05, 0) is 60.6 Å². The van der Waals surface area contributed by atoms with E-state index in [4.69, 9.17) is 4.74 Å². The zero-order chi connectivity index (χ0) is 21.6. The maximum Gasteiger partial charge on any atom is 0.244 e. The molecule has 2 aromatic carbocycles. The number of hydrogen-bond acceptors (Lipinski definition) is 2. The molecule has 0 bridgehead atoms. The quantitative estimate of drug-likeness (QED) is 0.224. The van der Waals surface area contributed by atoms with Gasteiger partial charge in [0.25, 0.3) is 0 Å². The van der Waals surface area contributed by atoms with E-state index in [1.807, 2.05) is 13.0 Å². The number of ether oxygens (including phenoxy) is 1. The van der Waals surface area contributed by atoms with Crippen LogP contribution in [0.4, 0.5) is 0 Å². The number of unbranched alkanes of at least 4 members (excludes halogenated alkanes) is 5. The van der Waals surface area contributed by atoms with Gasteiger partial charge >= 0.3 is 0 Å². The minimum Gasteiger partial charge on any atom is -0.494 e. The van der Waals surface area contributed by atoms with E-state index in [0.29, 0.717) is 5.92 Å². The van der Waals surface area contributed by atoms with Crippen molar-refractivity contribution >= 4 is 16.7 Å². The zero-order valence-electron chi connectivity index (χ0n) is 18.8. The summed E-state index contributed by atoms with van der Waals surface area (Å²) in [5.74, 6) is 1.43. The fraction of sp³-hybridized carbons (Fsp3) is 0.444. The predicted molar refractivity (Wildman–Crippen MR) is 128 cm³/mol. The van der Waals surface area contributed by atoms with Crippen LogP contribution in [0.1, 0.15) is 59.3 Å². The van der Waals surface area contributed by atoms with Crippen LogP contribution in [0.5, 0.6) is 5.75 Å². The van der Waals surface area contributed by atoms with Crippen LogP contribution in [-0.2, 0) is 4.79 Å². The molecule has 0 aliphatic heterocycles. The van der Waals surface area contributed by atoms with Gasteiger partial charge < -0.3 is 10.1 Å². The predicted octanol–water partition coefficient (Wildman–Crippen LogP) is 6.83. The lowest BCUT2D eigenvalue weighted by Crippen LogP contribution is -2.25. The molecule has 0 unspecified atom stereocenters. The molecule has 30 heavy (non-hydrogen) atoms. The van der Waals surface area contributed by atoms with Crippen molar-refractivity contribution < 1.29 is 9.53 Å². The third-order valence-electron chi connectivity index (χ3n) is 4.93. The second kappa shape index (κ2) is 13.6. The number of rotatable bonds is 13. The molecule has 162 valence electrons. The molecule has 0 saturated heterocycles. The van der Waals surface area contributed by atoms with E-state index >= 15 is 0 Å². The van der Waals surface area contributed by atoms with E-state index in [2.05, 4.69) is 67.7 Å². The summed E-state index contributed by atoms with van der Waals surface area (Å²) in [7, 11) is 0. The monoisotopic (exact) mass is 407 g/mol. The number of carbonyl (C=O) groups is 1. The van der Waals surface area contributed by atoms with Crippen molar-refractivity contribution in [3.63, 3.8) is 0 Å². The van der Waals surface area contributed by atoms with E-state index < -0.39 is 0 Å². The standard InChI is InChI=1S/C27H37NO2/c1-22(2)21-28-27(29)19-23(3)13-9-7-5-4-6-8-12-18-30-26-17-16-24-14-10-11-15-25(24)20-26/h9-11,13-17,19-20,22H,4-8,12,18,21H2,1-3H3,(H,28,29). The Morgan fingerprint density at radius 1 is 1.00 bits per heavy atom. The van der Waals surface area contributed by atoms with E-state index in [0.717, 1.165) is 37.3 Å². The van der Waals surface area contributed by atoms with Gasteiger partial charge in [-0.15, -0.1) is 0 Å². The van der Waals surface area contributed by atoms with Crippen LogP contribution < -0.4 is 10.1 Å². The van der Waals surface area contributed by atoms with Gasteiger partial charge in [0, 0.05) is 12.6 Å². The Morgan fingerprint density at radius 2 is 1.73 bits per heavy atom. The third kappa shape index (κ3) is 9.78. The van der Waals surface area contributed by atoms with Gasteiger partial charge in [-0.1, -0.05) is 75.6 Å². The number of nitrogens with one attached hydrogen (secondary N) is 1. The molecule has 1 N–H and O–H groups in total. The normalized spacial score (nSPS) is 12.1. The second-order valence-corrected chi connectivity index (χ2v) is 8.34. The van der Waals surface area contributed by atoms with Crippen LogP contribution in [0.15, 0.2) is 66.3 Å². The summed E-state index contributed by atoms with van der Waals surface area (Å²) in [6, 6.07) is 14.7. The van der Waals surface area contributed by atoms with Crippen molar-refractivity contribution in [3.8, 4) is 5.75 Å². The summed E-state index contributed by atoms with van der Waals surface area (Å²) < 4.78 is 5.90. The molecule has 3 nitrogen and oxygen atoms in total. The van der Waals surface area contributed by atoms with Gasteiger partial charge in [0.1, 0.15) is 5.75 Å². The summed E-state index contributed by atoms with van der Waals surface area (Å²) in [6.45, 7) is 7.66. The largest absolute Gasteiger partial charge is 0.494 e. The van der Waals surface area contributed by atoms with Crippen LogP contribution in [0, 0.1) is 5.92 Å². The number of allylic oxidation sites excluding steroid dienone is 3. The molecule has 2 rings (SSSR count). The SMILES string of the molecule is CC(C=CCCCCCCCOc1ccc2ccccc2c1)=CC(=O)NCC(C)C. The van der Waals surface area contributed by atoms with Gasteiger partial charge in [0.05, 0.1) is 6.61 Å². The third-order valence-corrected chi connectivity index (χ3v) is 4.93. The van der Waals surface area contributed by atoms with Gasteiger partial charge in [-0.2, -0.15) is 0 Å². The Labute approximate surface area is 182 Å². The van der Waals surface area contributed by atoms with Crippen LogP contribution >= 0.6 is 0 Å². The highest BCUT2D eigenvalue weighted by atomic mass is 16.5. The first-order valence-corrected chi connectivity index (χ1v) is 11.3. The average molecular weight is 408 g/mol. The molecule has 1 amide bonds. The molecule has 0 saturated carbocycles. The number of benzene rings is 2. The minimum absolute atomic E-state index is 0.00300. The summed E-state index contributed by atoms with van der Waals surface area (Å²) in [4.78, 5) is 11.7. The lowest BCUT2D eigenvalue weighted by atomic mass is 10.1. The highest BCUT2D eigenvalue weighted by Gasteiger charge is 1.99. The zero-order valence-corrected chi connectivity index (χ0v) is 18.8. The molecule has 0 aromatic heterocycles. The van der Waals surface area contributed by atoms with E-state index in [-0.39, 0.29) is 5.91 Å². The maximum atomic E-state index is 11.7. The van der Waals surface area contributed by atoms with Crippen molar-refractivity contribution in [2.75, 3.05) is 13.2 Å². The molecule has 0 fully saturated rings. The lowest BCUT2D eigenvalue weighted by molar-refractivity contribution is -0.116. The van der Waals surface area contributed by atoms with Crippen molar-refractivity contribution in [3.05, 3.63) is 66.3 Å². The van der Waals surface area contributed by atoms with Crippen LogP contribution in [0.25, 0.3) is 10.8 Å². The molecule has 0 aliphatic rings. The highest BCUT2D eigenvalue weighted by Crippen LogP contribution is 2.20. The summed E-state index contributed by atoms with van der Waals surface area (Å²) in [5.41, 5.74) is 1.00. The topological polar surface area (TPSA) is 38.3 Å². The Balaban J connectivity index is 1.50. The fourth-order valence-corrected chi connectivity index (χ4v) is 3.22. The molecule has 2 aromatic rings. The van der Waals surface area contributed by atoms with Gasteiger partial charge in [-0.3, -0.25) is 4.79 Å². The molecule has 0 aliphatic carbocycles. The first kappa shape index (κ1) is 23.7. The van der Waals surface area contributed by atoms with Crippen LogP contribution in [-0.4, -0.2) is 19.1 Å². The Bertz CT molecular complexity index is 836. The first-order chi connectivity index (χ1) is 14.5. The van der Waals surface area contributed by atoms with Crippen LogP contribution in [0.3, 0.4) is 0 Å². The number of amides is 1. The number of fused-ring (bicyclic) bond motifs is 1. The smallest absolute Gasteiger partial charge is 0.244 e. The highest BCUT2D eigenvalue weighted by molar-refractivity contribution is 5.88. The van der Waals surface area contributed by atoms with E-state index in [1.54, 1.807) is 6.08 Å². The summed E-state index contributed by atoms with van der Waals surface area (Å²) >= 11 is 0. The maximum absolute atomic E-state index is 11.7. The Morgan fingerprint density at radius 3 is 2.53 bits per heavy atom. The van der Waals surface area contributed by atoms with E-state index in [9.17, 15) is 4.79 Å². The summed E-state index contributed by atoms with van der Waals surface area (Å²) in [6.07, 6.45) is 12.9. The minimum atomic E-state index is -0.00300. The lowest BCUT2D eigenvalue weighted by Gasteiger charge is -2.07. The number of hydrogen-bond donors (Lipinski definition) is 1.